The molecular formula is C15H29NO2. The first-order chi connectivity index (χ1) is 8.23. The zero-order valence-electron chi connectivity index (χ0n) is 12.4. The van der Waals surface area contributed by atoms with E-state index in [1.807, 2.05) is 0 Å². The third-order valence-corrected chi connectivity index (χ3v) is 4.54. The molecule has 18 heavy (non-hydrogen) atoms. The van der Waals surface area contributed by atoms with Gasteiger partial charge in [0.25, 0.3) is 0 Å². The molecule has 0 radical (unpaired) electrons. The molecule has 2 rings (SSSR count). The fourth-order valence-corrected chi connectivity index (χ4v) is 3.58. The molecule has 0 aromatic heterocycles. The molecule has 0 amide bonds. The van der Waals surface area contributed by atoms with Crippen molar-refractivity contribution in [1.29, 1.82) is 0 Å². The molecule has 0 spiro atoms. The summed E-state index contributed by atoms with van der Waals surface area (Å²) in [5, 5.41) is 14.1. The summed E-state index contributed by atoms with van der Waals surface area (Å²) < 4.78 is 6.08. The molecule has 3 nitrogen and oxygen atoms in total. The Hall–Kier alpha value is -0.120. The fraction of sp³-hybridized carbons (Fsp3) is 1.00. The average molecular weight is 255 g/mol. The van der Waals surface area contributed by atoms with Crippen LogP contribution in [0.4, 0.5) is 0 Å². The predicted molar refractivity (Wildman–Crippen MR) is 73.7 cm³/mol. The van der Waals surface area contributed by atoms with Gasteiger partial charge in [-0.1, -0.05) is 19.3 Å². The second-order valence-corrected chi connectivity index (χ2v) is 7.39. The Labute approximate surface area is 111 Å². The van der Waals surface area contributed by atoms with Crippen molar-refractivity contribution in [2.75, 3.05) is 6.54 Å². The topological polar surface area (TPSA) is 41.5 Å². The van der Waals surface area contributed by atoms with E-state index in [2.05, 4.69) is 33.0 Å². The molecule has 1 atom stereocenters. The Balaban J connectivity index is 1.90. The van der Waals surface area contributed by atoms with Gasteiger partial charge in [0, 0.05) is 12.6 Å². The molecule has 3 heteroatoms. The highest BCUT2D eigenvalue weighted by Gasteiger charge is 2.46. The first-order valence-electron chi connectivity index (χ1n) is 7.39. The van der Waals surface area contributed by atoms with E-state index in [0.29, 0.717) is 12.6 Å². The zero-order valence-corrected chi connectivity index (χ0v) is 12.4. The quantitative estimate of drug-likeness (QED) is 0.814. The zero-order chi connectivity index (χ0) is 13.4. The Kier molecular flexibility index (Phi) is 3.79. The summed E-state index contributed by atoms with van der Waals surface area (Å²) in [6.07, 6.45) is 6.49. The minimum absolute atomic E-state index is 0.0592. The van der Waals surface area contributed by atoms with Gasteiger partial charge in [-0.2, -0.15) is 0 Å². The Morgan fingerprint density at radius 1 is 1.11 bits per heavy atom. The molecule has 1 heterocycles. The smallest absolute Gasteiger partial charge is 0.0787 e. The average Bonchev–Trinajstić information content (AvgIpc) is 2.45. The lowest BCUT2D eigenvalue weighted by atomic mass is 9.84. The Morgan fingerprint density at radius 2 is 1.72 bits per heavy atom. The van der Waals surface area contributed by atoms with Crippen molar-refractivity contribution >= 4 is 0 Å². The van der Waals surface area contributed by atoms with Crippen LogP contribution in [-0.4, -0.2) is 34.5 Å². The van der Waals surface area contributed by atoms with Crippen LogP contribution < -0.4 is 5.32 Å². The van der Waals surface area contributed by atoms with Crippen LogP contribution in [0.3, 0.4) is 0 Å². The number of hydrogen-bond donors (Lipinski definition) is 2. The van der Waals surface area contributed by atoms with Gasteiger partial charge < -0.3 is 15.2 Å². The van der Waals surface area contributed by atoms with Gasteiger partial charge in [0.1, 0.15) is 0 Å². The summed E-state index contributed by atoms with van der Waals surface area (Å²) in [4.78, 5) is 0. The Morgan fingerprint density at radius 3 is 2.22 bits per heavy atom. The van der Waals surface area contributed by atoms with Crippen molar-refractivity contribution in [3.05, 3.63) is 0 Å². The molecule has 0 aromatic rings. The highest BCUT2D eigenvalue weighted by Crippen LogP contribution is 2.37. The third kappa shape index (κ3) is 3.25. The van der Waals surface area contributed by atoms with E-state index in [1.165, 1.54) is 6.42 Å². The van der Waals surface area contributed by atoms with Gasteiger partial charge in [-0.3, -0.25) is 0 Å². The highest BCUT2D eigenvalue weighted by atomic mass is 16.5. The van der Waals surface area contributed by atoms with Crippen LogP contribution in [0.5, 0.6) is 0 Å². The van der Waals surface area contributed by atoms with Crippen LogP contribution in [0.15, 0.2) is 0 Å². The van der Waals surface area contributed by atoms with Crippen molar-refractivity contribution in [2.24, 2.45) is 0 Å². The van der Waals surface area contributed by atoms with E-state index < -0.39 is 5.60 Å². The molecule has 2 fully saturated rings. The van der Waals surface area contributed by atoms with Gasteiger partial charge >= 0.3 is 0 Å². The largest absolute Gasteiger partial charge is 0.389 e. The minimum Gasteiger partial charge on any atom is -0.389 e. The molecule has 0 aromatic carbocycles. The molecule has 1 unspecified atom stereocenters. The standard InChI is InChI=1S/C15H29NO2/c1-13(2)10-12(14(3,4)18-13)16-11-15(17)8-6-5-7-9-15/h12,16-17H,5-11H2,1-4H3. The lowest BCUT2D eigenvalue weighted by molar-refractivity contribution is -0.0719. The van der Waals surface area contributed by atoms with Crippen LogP contribution >= 0.6 is 0 Å². The van der Waals surface area contributed by atoms with Gasteiger partial charge in [0.2, 0.25) is 0 Å². The summed E-state index contributed by atoms with van der Waals surface area (Å²) in [6.45, 7) is 9.28. The van der Waals surface area contributed by atoms with Crippen LogP contribution in [-0.2, 0) is 4.74 Å². The maximum Gasteiger partial charge on any atom is 0.0787 e. The fourth-order valence-electron chi connectivity index (χ4n) is 3.58. The minimum atomic E-state index is -0.485. The first kappa shape index (κ1) is 14.3. The maximum absolute atomic E-state index is 10.5. The monoisotopic (exact) mass is 255 g/mol. The number of aliphatic hydroxyl groups is 1. The normalized spacial score (nSPS) is 33.5. The van der Waals surface area contributed by atoms with Crippen LogP contribution in [0.1, 0.15) is 66.2 Å². The molecule has 106 valence electrons. The Bertz CT molecular complexity index is 293. The molecule has 2 N–H and O–H groups in total. The molecule has 0 bridgehead atoms. The van der Waals surface area contributed by atoms with Crippen molar-refractivity contribution in [2.45, 2.75) is 89.1 Å². The van der Waals surface area contributed by atoms with Crippen molar-refractivity contribution in [3.63, 3.8) is 0 Å². The lowest BCUT2D eigenvalue weighted by Gasteiger charge is -2.35. The third-order valence-electron chi connectivity index (χ3n) is 4.54. The van der Waals surface area contributed by atoms with E-state index in [-0.39, 0.29) is 11.2 Å². The maximum atomic E-state index is 10.5. The van der Waals surface area contributed by atoms with Crippen LogP contribution in [0.25, 0.3) is 0 Å². The van der Waals surface area contributed by atoms with E-state index in [9.17, 15) is 5.11 Å². The van der Waals surface area contributed by atoms with Gasteiger partial charge in [0.15, 0.2) is 0 Å². The second-order valence-electron chi connectivity index (χ2n) is 7.39. The summed E-state index contributed by atoms with van der Waals surface area (Å²) in [5.41, 5.74) is -0.689. The van der Waals surface area contributed by atoms with Gasteiger partial charge in [-0.15, -0.1) is 0 Å². The second kappa shape index (κ2) is 4.77. The molecule has 1 saturated carbocycles. The SMILES string of the molecule is CC1(C)CC(NCC2(O)CCCCC2)C(C)(C)O1. The van der Waals surface area contributed by atoms with Crippen molar-refractivity contribution in [3.8, 4) is 0 Å². The number of nitrogens with one attached hydrogen (secondary N) is 1. The van der Waals surface area contributed by atoms with Crippen molar-refractivity contribution in [1.82, 2.24) is 5.32 Å². The van der Waals surface area contributed by atoms with Gasteiger partial charge in [-0.05, 0) is 47.0 Å². The predicted octanol–water partition coefficient (Wildman–Crippen LogP) is 2.62. The molecule has 1 aliphatic heterocycles. The first-order valence-corrected chi connectivity index (χ1v) is 7.39. The molecule has 2 aliphatic rings. The lowest BCUT2D eigenvalue weighted by Crippen LogP contribution is -2.50. The summed E-state index contributed by atoms with van der Waals surface area (Å²) in [6, 6.07) is 0.332. The summed E-state index contributed by atoms with van der Waals surface area (Å²) in [5.74, 6) is 0. The summed E-state index contributed by atoms with van der Waals surface area (Å²) >= 11 is 0. The molecular weight excluding hydrogens is 226 g/mol. The van der Waals surface area contributed by atoms with Gasteiger partial charge in [0.05, 0.1) is 16.8 Å². The highest BCUT2D eigenvalue weighted by molar-refractivity contribution is 5.00. The van der Waals surface area contributed by atoms with E-state index in [1.54, 1.807) is 0 Å². The number of hydrogen-bond acceptors (Lipinski definition) is 3. The van der Waals surface area contributed by atoms with E-state index in [0.717, 1.165) is 32.1 Å². The molecule has 1 saturated heterocycles. The van der Waals surface area contributed by atoms with E-state index in [4.69, 9.17) is 4.74 Å². The summed E-state index contributed by atoms with van der Waals surface area (Å²) in [7, 11) is 0. The van der Waals surface area contributed by atoms with E-state index >= 15 is 0 Å². The van der Waals surface area contributed by atoms with Crippen molar-refractivity contribution < 1.29 is 9.84 Å². The van der Waals surface area contributed by atoms with Crippen LogP contribution in [0, 0.1) is 0 Å². The number of rotatable bonds is 3. The van der Waals surface area contributed by atoms with Gasteiger partial charge in [-0.25, -0.2) is 0 Å². The van der Waals surface area contributed by atoms with Crippen LogP contribution in [0.2, 0.25) is 0 Å². The molecule has 1 aliphatic carbocycles. The number of ether oxygens (including phenoxy) is 1.